The normalized spacial score (nSPS) is 14.6. The third kappa shape index (κ3) is 2.57. The van der Waals surface area contributed by atoms with Crippen molar-refractivity contribution in [2.45, 2.75) is 12.8 Å². The number of anilines is 1. The highest BCUT2D eigenvalue weighted by molar-refractivity contribution is 6.13. The molecule has 4 rings (SSSR count). The lowest BCUT2D eigenvalue weighted by Gasteiger charge is -2.26. The Balaban J connectivity index is 1.70. The molecular weight excluding hydrogens is 302 g/mol. The summed E-state index contributed by atoms with van der Waals surface area (Å²) in [6.45, 7) is 3.42. The van der Waals surface area contributed by atoms with Crippen LogP contribution in [0.3, 0.4) is 0 Å². The average molecular weight is 321 g/mol. The number of carbonyl (C=O) groups excluding carboxylic acids is 1. The lowest BCUT2D eigenvalue weighted by Crippen LogP contribution is -2.24. The maximum absolute atomic E-state index is 12.7. The highest BCUT2D eigenvalue weighted by Crippen LogP contribution is 2.29. The molecule has 0 aliphatic carbocycles. The molecule has 5 nitrogen and oxygen atoms in total. The fourth-order valence-electron chi connectivity index (χ4n) is 3.09. The van der Waals surface area contributed by atoms with Crippen molar-refractivity contribution in [3.05, 3.63) is 59.5 Å². The number of nitrogens with one attached hydrogen (secondary N) is 1. The number of ether oxygens (including phenoxy) is 1. The Morgan fingerprint density at radius 3 is 2.83 bits per heavy atom. The van der Waals surface area contributed by atoms with E-state index < -0.39 is 0 Å². The van der Waals surface area contributed by atoms with Crippen LogP contribution in [0.2, 0.25) is 0 Å². The largest absolute Gasteiger partial charge is 0.380 e. The van der Waals surface area contributed by atoms with E-state index in [0.29, 0.717) is 11.5 Å². The number of benzene rings is 1. The molecule has 0 atom stereocenters. The summed E-state index contributed by atoms with van der Waals surface area (Å²) in [4.78, 5) is 16.9. The van der Waals surface area contributed by atoms with Crippen LogP contribution < -0.4 is 5.32 Å². The zero-order valence-corrected chi connectivity index (χ0v) is 13.7. The molecule has 5 heteroatoms. The minimum atomic E-state index is -0.104. The maximum atomic E-state index is 12.7. The van der Waals surface area contributed by atoms with Crippen molar-refractivity contribution >= 4 is 22.5 Å². The summed E-state index contributed by atoms with van der Waals surface area (Å²) in [6, 6.07) is 9.99. The van der Waals surface area contributed by atoms with Gasteiger partial charge in [-0.25, -0.2) is 0 Å². The Kier molecular flexibility index (Phi) is 3.58. The molecule has 0 bridgehead atoms. The van der Waals surface area contributed by atoms with Crippen molar-refractivity contribution in [2.75, 3.05) is 18.5 Å². The number of amides is 1. The van der Waals surface area contributed by atoms with Crippen molar-refractivity contribution in [2.24, 2.45) is 7.05 Å². The van der Waals surface area contributed by atoms with Crippen LogP contribution in [0.25, 0.3) is 10.9 Å². The summed E-state index contributed by atoms with van der Waals surface area (Å²) in [6.07, 6.45) is 3.58. The third-order valence-electron chi connectivity index (χ3n) is 4.52. The van der Waals surface area contributed by atoms with Crippen LogP contribution >= 0.6 is 0 Å². The second kappa shape index (κ2) is 5.76. The Hall–Kier alpha value is -2.66. The minimum Gasteiger partial charge on any atom is -0.380 e. The topological polar surface area (TPSA) is 56.2 Å². The highest BCUT2D eigenvalue weighted by atomic mass is 16.5. The maximum Gasteiger partial charge on any atom is 0.257 e. The van der Waals surface area contributed by atoms with Gasteiger partial charge in [-0.05, 0) is 36.8 Å². The quantitative estimate of drug-likeness (QED) is 0.805. The Morgan fingerprint density at radius 1 is 1.29 bits per heavy atom. The number of rotatable bonds is 3. The Bertz CT molecular complexity index is 926. The van der Waals surface area contributed by atoms with Crippen LogP contribution in [-0.2, 0) is 11.8 Å². The van der Waals surface area contributed by atoms with E-state index in [2.05, 4.69) is 28.5 Å². The smallest absolute Gasteiger partial charge is 0.257 e. The molecule has 0 saturated carbocycles. The summed E-state index contributed by atoms with van der Waals surface area (Å²) in [5.74, 6) is 0.335. The number of hydrogen-bond acceptors (Lipinski definition) is 3. The van der Waals surface area contributed by atoms with E-state index in [1.807, 2.05) is 30.8 Å². The minimum absolute atomic E-state index is 0.104. The van der Waals surface area contributed by atoms with Crippen molar-refractivity contribution < 1.29 is 9.53 Å². The molecule has 3 heterocycles. The molecule has 1 aliphatic rings. The lowest BCUT2D eigenvalue weighted by molar-refractivity contribution is 0.00847. The molecule has 1 saturated heterocycles. The van der Waals surface area contributed by atoms with Gasteiger partial charge in [-0.1, -0.05) is 6.07 Å². The van der Waals surface area contributed by atoms with Gasteiger partial charge in [-0.3, -0.25) is 9.78 Å². The first-order valence-electron chi connectivity index (χ1n) is 8.02. The molecule has 1 aromatic carbocycles. The van der Waals surface area contributed by atoms with Gasteiger partial charge in [0.15, 0.2) is 0 Å². The fraction of sp³-hybridized carbons (Fsp3) is 0.263. The molecule has 0 unspecified atom stereocenters. The van der Waals surface area contributed by atoms with Crippen LogP contribution in [0.5, 0.6) is 0 Å². The van der Waals surface area contributed by atoms with Crippen LogP contribution in [-0.4, -0.2) is 28.7 Å². The fourth-order valence-corrected chi connectivity index (χ4v) is 3.09. The number of aromatic nitrogens is 2. The van der Waals surface area contributed by atoms with Gasteiger partial charge in [0.25, 0.3) is 5.91 Å². The SMILES string of the molecule is Cc1cc(NC(=O)c2cn(C)c3ccc(C4COC4)cc23)ccn1. The van der Waals surface area contributed by atoms with E-state index in [-0.39, 0.29) is 5.91 Å². The zero-order chi connectivity index (χ0) is 16.7. The zero-order valence-electron chi connectivity index (χ0n) is 13.7. The second-order valence-corrected chi connectivity index (χ2v) is 6.30. The van der Waals surface area contributed by atoms with E-state index in [9.17, 15) is 4.79 Å². The van der Waals surface area contributed by atoms with Crippen LogP contribution in [0.15, 0.2) is 42.7 Å². The van der Waals surface area contributed by atoms with Gasteiger partial charge in [0.2, 0.25) is 0 Å². The van der Waals surface area contributed by atoms with Crippen molar-refractivity contribution in [3.8, 4) is 0 Å². The van der Waals surface area contributed by atoms with Gasteiger partial charge in [-0.2, -0.15) is 0 Å². The summed E-state index contributed by atoms with van der Waals surface area (Å²) < 4.78 is 7.27. The number of carbonyl (C=O) groups is 1. The summed E-state index contributed by atoms with van der Waals surface area (Å²) in [5.41, 5.74) is 4.60. The van der Waals surface area contributed by atoms with Crippen LogP contribution in [0.1, 0.15) is 27.5 Å². The molecular formula is C19H19N3O2. The van der Waals surface area contributed by atoms with E-state index >= 15 is 0 Å². The summed E-state index contributed by atoms with van der Waals surface area (Å²) in [5, 5.41) is 3.94. The van der Waals surface area contributed by atoms with Gasteiger partial charge in [0.05, 0.1) is 18.8 Å². The molecule has 0 radical (unpaired) electrons. The van der Waals surface area contributed by atoms with Crippen LogP contribution in [0.4, 0.5) is 5.69 Å². The molecule has 1 fully saturated rings. The number of pyridine rings is 1. The average Bonchev–Trinajstić information content (AvgIpc) is 2.82. The Morgan fingerprint density at radius 2 is 2.12 bits per heavy atom. The number of aryl methyl sites for hydroxylation is 2. The van der Waals surface area contributed by atoms with E-state index in [4.69, 9.17) is 4.74 Å². The Labute approximate surface area is 140 Å². The molecule has 1 amide bonds. The first-order chi connectivity index (χ1) is 11.6. The van der Waals surface area contributed by atoms with E-state index in [1.165, 1.54) is 5.56 Å². The summed E-state index contributed by atoms with van der Waals surface area (Å²) in [7, 11) is 1.96. The molecule has 3 aromatic rings. The second-order valence-electron chi connectivity index (χ2n) is 6.30. The van der Waals surface area contributed by atoms with Gasteiger partial charge < -0.3 is 14.6 Å². The van der Waals surface area contributed by atoms with Gasteiger partial charge in [0.1, 0.15) is 0 Å². The van der Waals surface area contributed by atoms with Crippen molar-refractivity contribution in [1.82, 2.24) is 9.55 Å². The first kappa shape index (κ1) is 14.9. The van der Waals surface area contributed by atoms with Crippen molar-refractivity contribution in [1.29, 1.82) is 0 Å². The number of nitrogens with zero attached hydrogens (tertiary/aromatic N) is 2. The monoisotopic (exact) mass is 321 g/mol. The van der Waals surface area contributed by atoms with E-state index in [0.717, 1.165) is 35.5 Å². The number of hydrogen-bond donors (Lipinski definition) is 1. The third-order valence-corrected chi connectivity index (χ3v) is 4.52. The molecule has 2 aromatic heterocycles. The van der Waals surface area contributed by atoms with Crippen LogP contribution in [0, 0.1) is 6.92 Å². The molecule has 122 valence electrons. The highest BCUT2D eigenvalue weighted by Gasteiger charge is 2.22. The van der Waals surface area contributed by atoms with E-state index in [1.54, 1.807) is 12.3 Å². The lowest BCUT2D eigenvalue weighted by atomic mass is 9.95. The van der Waals surface area contributed by atoms with Crippen molar-refractivity contribution in [3.63, 3.8) is 0 Å². The predicted molar refractivity (Wildman–Crippen MR) is 93.4 cm³/mol. The number of fused-ring (bicyclic) bond motifs is 1. The standard InChI is InChI=1S/C19H19N3O2/c1-12-7-15(5-6-20-12)21-19(23)17-9-22(2)18-4-3-13(8-16(17)18)14-10-24-11-14/h3-9,14H,10-11H2,1-2H3,(H,20,21,23). The van der Waals surface area contributed by atoms with Gasteiger partial charge in [0, 0.05) is 47.6 Å². The molecule has 1 aliphatic heterocycles. The molecule has 24 heavy (non-hydrogen) atoms. The molecule has 0 spiro atoms. The first-order valence-corrected chi connectivity index (χ1v) is 8.02. The van der Waals surface area contributed by atoms with Gasteiger partial charge >= 0.3 is 0 Å². The molecule has 1 N–H and O–H groups in total. The van der Waals surface area contributed by atoms with Gasteiger partial charge in [-0.15, -0.1) is 0 Å². The predicted octanol–water partition coefficient (Wildman–Crippen LogP) is 3.25. The summed E-state index contributed by atoms with van der Waals surface area (Å²) >= 11 is 0.